The number of nitrogens with one attached hydrogen (secondary N) is 3. The molecule has 0 aromatic heterocycles. The molecule has 0 atom stereocenters. The Morgan fingerprint density at radius 3 is 1.88 bits per heavy atom. The van der Waals surface area contributed by atoms with Gasteiger partial charge in [0.05, 0.1) is 32.7 Å². The van der Waals surface area contributed by atoms with Crippen LogP contribution in [-0.2, 0) is 9.53 Å². The number of ether oxygens (including phenoxy) is 4. The van der Waals surface area contributed by atoms with Crippen molar-refractivity contribution in [3.05, 3.63) is 42.0 Å². The Bertz CT molecular complexity index is 990. The number of rotatable bonds is 8. The number of methoxy groups -OCH3 is 3. The summed E-state index contributed by atoms with van der Waals surface area (Å²) in [5.41, 5.74) is 0.304. The molecule has 0 radical (unpaired) electrons. The standard InChI is InChI=1S/C23H29N3O7/c1-23(2,3)33-22(29)24-13-19(27)25-15-9-7-8-10-16(15)26-21(28)14-11-17(30-4)20(32-6)18(12-14)31-5/h7-12H,13H2,1-6H3,(H,24,29)(H,25,27)(H,26,28). The summed E-state index contributed by atoms with van der Waals surface area (Å²) in [5.74, 6) is 0.0773. The molecule has 0 saturated heterocycles. The van der Waals surface area contributed by atoms with Crippen LogP contribution in [0.2, 0.25) is 0 Å². The Hall–Kier alpha value is -3.95. The van der Waals surface area contributed by atoms with Crippen molar-refractivity contribution in [3.63, 3.8) is 0 Å². The normalized spacial score (nSPS) is 10.6. The number of hydrogen-bond acceptors (Lipinski definition) is 7. The van der Waals surface area contributed by atoms with Crippen LogP contribution in [0.15, 0.2) is 36.4 Å². The predicted octanol–water partition coefficient (Wildman–Crippen LogP) is 3.43. The highest BCUT2D eigenvalue weighted by atomic mass is 16.6. The maximum atomic E-state index is 12.9. The molecule has 2 aromatic carbocycles. The van der Waals surface area contributed by atoms with Crippen molar-refractivity contribution in [1.82, 2.24) is 5.32 Å². The summed E-state index contributed by atoms with van der Waals surface area (Å²) in [6.45, 7) is 4.86. The monoisotopic (exact) mass is 459 g/mol. The first-order chi connectivity index (χ1) is 15.6. The van der Waals surface area contributed by atoms with Gasteiger partial charge in [-0.1, -0.05) is 12.1 Å². The zero-order valence-electron chi connectivity index (χ0n) is 19.5. The number of hydrogen-bond donors (Lipinski definition) is 3. The van der Waals surface area contributed by atoms with E-state index >= 15 is 0 Å². The molecule has 0 bridgehead atoms. The highest BCUT2D eigenvalue weighted by Crippen LogP contribution is 2.38. The first-order valence-electron chi connectivity index (χ1n) is 10.0. The molecule has 10 heteroatoms. The number of amides is 3. The van der Waals surface area contributed by atoms with E-state index in [4.69, 9.17) is 18.9 Å². The van der Waals surface area contributed by atoms with Crippen LogP contribution in [0.4, 0.5) is 16.2 Å². The third-order valence-corrected chi connectivity index (χ3v) is 4.17. The molecular weight excluding hydrogens is 430 g/mol. The molecule has 2 rings (SSSR count). The molecule has 0 aliphatic heterocycles. The maximum absolute atomic E-state index is 12.9. The van der Waals surface area contributed by atoms with Gasteiger partial charge in [-0.3, -0.25) is 9.59 Å². The summed E-state index contributed by atoms with van der Waals surface area (Å²) in [6, 6.07) is 9.69. The summed E-state index contributed by atoms with van der Waals surface area (Å²) < 4.78 is 20.9. The third kappa shape index (κ3) is 7.30. The zero-order chi connectivity index (χ0) is 24.6. The van der Waals surface area contributed by atoms with Crippen LogP contribution in [0.3, 0.4) is 0 Å². The lowest BCUT2D eigenvalue weighted by Crippen LogP contribution is -2.37. The van der Waals surface area contributed by atoms with Gasteiger partial charge in [0.2, 0.25) is 11.7 Å². The van der Waals surface area contributed by atoms with Crippen molar-refractivity contribution in [3.8, 4) is 17.2 Å². The number of alkyl carbamates (subject to hydrolysis) is 1. The van der Waals surface area contributed by atoms with Gasteiger partial charge in [-0.25, -0.2) is 4.79 Å². The van der Waals surface area contributed by atoms with Crippen LogP contribution in [0.25, 0.3) is 0 Å². The van der Waals surface area contributed by atoms with Crippen LogP contribution < -0.4 is 30.2 Å². The molecule has 0 unspecified atom stereocenters. The molecule has 3 N–H and O–H groups in total. The molecule has 3 amide bonds. The van der Waals surface area contributed by atoms with Crippen LogP contribution in [0, 0.1) is 0 Å². The topological polar surface area (TPSA) is 124 Å². The number of para-hydroxylation sites is 2. The van der Waals surface area contributed by atoms with E-state index in [1.165, 1.54) is 33.5 Å². The van der Waals surface area contributed by atoms with Gasteiger partial charge in [0, 0.05) is 5.56 Å². The molecule has 0 spiro atoms. The van der Waals surface area contributed by atoms with Crippen LogP contribution in [-0.4, -0.2) is 51.4 Å². The van der Waals surface area contributed by atoms with Crippen LogP contribution >= 0.6 is 0 Å². The van der Waals surface area contributed by atoms with E-state index < -0.39 is 23.5 Å². The molecule has 10 nitrogen and oxygen atoms in total. The molecule has 2 aromatic rings. The number of anilines is 2. The van der Waals surface area contributed by atoms with Gasteiger partial charge < -0.3 is 34.9 Å². The lowest BCUT2D eigenvalue weighted by Gasteiger charge is -2.19. The van der Waals surface area contributed by atoms with Crippen molar-refractivity contribution < 1.29 is 33.3 Å². The fourth-order valence-electron chi connectivity index (χ4n) is 2.77. The lowest BCUT2D eigenvalue weighted by molar-refractivity contribution is -0.115. The van der Waals surface area contributed by atoms with Gasteiger partial charge in [0.25, 0.3) is 5.91 Å². The molecule has 0 fully saturated rings. The summed E-state index contributed by atoms with van der Waals surface area (Å²) in [5, 5.41) is 7.79. The maximum Gasteiger partial charge on any atom is 0.408 e. The van der Waals surface area contributed by atoms with Gasteiger partial charge in [0.1, 0.15) is 12.1 Å². The Balaban J connectivity index is 2.12. The second-order valence-corrected chi connectivity index (χ2v) is 7.82. The Kier molecular flexibility index (Phi) is 8.49. The van der Waals surface area contributed by atoms with E-state index in [0.29, 0.717) is 28.6 Å². The van der Waals surface area contributed by atoms with Crippen LogP contribution in [0.5, 0.6) is 17.2 Å². The Morgan fingerprint density at radius 1 is 0.848 bits per heavy atom. The second-order valence-electron chi connectivity index (χ2n) is 7.82. The van der Waals surface area contributed by atoms with E-state index in [2.05, 4.69) is 16.0 Å². The first-order valence-corrected chi connectivity index (χ1v) is 10.0. The van der Waals surface area contributed by atoms with Crippen LogP contribution in [0.1, 0.15) is 31.1 Å². The van der Waals surface area contributed by atoms with E-state index in [1.54, 1.807) is 45.0 Å². The highest BCUT2D eigenvalue weighted by molar-refractivity contribution is 6.08. The fourth-order valence-corrected chi connectivity index (χ4v) is 2.77. The molecule has 33 heavy (non-hydrogen) atoms. The molecule has 178 valence electrons. The van der Waals surface area contributed by atoms with Crippen molar-refractivity contribution >= 4 is 29.3 Å². The predicted molar refractivity (Wildman–Crippen MR) is 123 cm³/mol. The molecule has 0 aliphatic carbocycles. The summed E-state index contributed by atoms with van der Waals surface area (Å²) >= 11 is 0. The molecule has 0 saturated carbocycles. The van der Waals surface area contributed by atoms with E-state index in [9.17, 15) is 14.4 Å². The van der Waals surface area contributed by atoms with Crippen molar-refractivity contribution in [2.45, 2.75) is 26.4 Å². The fraction of sp³-hybridized carbons (Fsp3) is 0.348. The van der Waals surface area contributed by atoms with Gasteiger partial charge in [-0.05, 0) is 45.0 Å². The molecular formula is C23H29N3O7. The van der Waals surface area contributed by atoms with Crippen molar-refractivity contribution in [1.29, 1.82) is 0 Å². The smallest absolute Gasteiger partial charge is 0.408 e. The average Bonchev–Trinajstić information content (AvgIpc) is 2.76. The number of carbonyl (C=O) groups is 3. The molecule has 0 heterocycles. The molecule has 0 aliphatic rings. The van der Waals surface area contributed by atoms with Gasteiger partial charge in [-0.2, -0.15) is 0 Å². The van der Waals surface area contributed by atoms with Gasteiger partial charge in [-0.15, -0.1) is 0 Å². The largest absolute Gasteiger partial charge is 0.493 e. The number of carbonyl (C=O) groups excluding carboxylic acids is 3. The van der Waals surface area contributed by atoms with Crippen molar-refractivity contribution in [2.24, 2.45) is 0 Å². The quantitative estimate of drug-likeness (QED) is 0.552. The lowest BCUT2D eigenvalue weighted by atomic mass is 10.1. The Morgan fingerprint density at radius 2 is 1.39 bits per heavy atom. The van der Waals surface area contributed by atoms with E-state index in [1.807, 2.05) is 0 Å². The minimum absolute atomic E-state index is 0.261. The third-order valence-electron chi connectivity index (χ3n) is 4.17. The minimum Gasteiger partial charge on any atom is -0.493 e. The minimum atomic E-state index is -0.707. The summed E-state index contributed by atoms with van der Waals surface area (Å²) in [4.78, 5) is 36.9. The van der Waals surface area contributed by atoms with Gasteiger partial charge in [0.15, 0.2) is 11.5 Å². The summed E-state index contributed by atoms with van der Waals surface area (Å²) in [6.07, 6.45) is -0.707. The Labute approximate surface area is 192 Å². The average molecular weight is 459 g/mol. The first kappa shape index (κ1) is 25.3. The summed E-state index contributed by atoms with van der Waals surface area (Å²) in [7, 11) is 4.38. The SMILES string of the molecule is COc1cc(C(=O)Nc2ccccc2NC(=O)CNC(=O)OC(C)(C)C)cc(OC)c1OC. The van der Waals surface area contributed by atoms with Crippen molar-refractivity contribution in [2.75, 3.05) is 38.5 Å². The zero-order valence-corrected chi connectivity index (χ0v) is 19.5. The van der Waals surface area contributed by atoms with E-state index in [0.717, 1.165) is 0 Å². The second kappa shape index (κ2) is 11.1. The van der Waals surface area contributed by atoms with Gasteiger partial charge >= 0.3 is 6.09 Å². The highest BCUT2D eigenvalue weighted by Gasteiger charge is 2.19. The van der Waals surface area contributed by atoms with E-state index in [-0.39, 0.29) is 12.1 Å². The number of benzene rings is 2.